The van der Waals surface area contributed by atoms with Crippen LogP contribution in [0.5, 0.6) is 0 Å². The summed E-state index contributed by atoms with van der Waals surface area (Å²) < 4.78 is 0. The molecule has 2 aliphatic rings. The van der Waals surface area contributed by atoms with Crippen molar-refractivity contribution in [2.75, 3.05) is 62.4 Å². The van der Waals surface area contributed by atoms with Gasteiger partial charge in [-0.25, -0.2) is 4.98 Å². The summed E-state index contributed by atoms with van der Waals surface area (Å²) >= 11 is 0. The number of rotatable bonds is 8. The van der Waals surface area contributed by atoms with Crippen LogP contribution in [0.2, 0.25) is 0 Å². The van der Waals surface area contributed by atoms with Crippen molar-refractivity contribution in [3.05, 3.63) is 53.6 Å². The van der Waals surface area contributed by atoms with Gasteiger partial charge in [-0.1, -0.05) is 18.2 Å². The van der Waals surface area contributed by atoms with Crippen molar-refractivity contribution in [1.29, 1.82) is 0 Å². The molecule has 3 aromatic rings. The summed E-state index contributed by atoms with van der Waals surface area (Å²) in [5.41, 5.74) is 4.09. The fourth-order valence-corrected chi connectivity index (χ4v) is 5.51. The molecule has 2 saturated heterocycles. The third-order valence-corrected chi connectivity index (χ3v) is 7.86. The summed E-state index contributed by atoms with van der Waals surface area (Å²) in [6, 6.07) is 14.4. The molecule has 0 atom stereocenters. The van der Waals surface area contributed by atoms with Gasteiger partial charge in [-0.2, -0.15) is 4.98 Å². The van der Waals surface area contributed by atoms with E-state index < -0.39 is 0 Å². The van der Waals surface area contributed by atoms with Gasteiger partial charge in [0.25, 0.3) is 0 Å². The first-order chi connectivity index (χ1) is 18.4. The van der Waals surface area contributed by atoms with Crippen molar-refractivity contribution in [3.63, 3.8) is 0 Å². The van der Waals surface area contributed by atoms with Crippen LogP contribution in [0.4, 0.5) is 17.5 Å². The summed E-state index contributed by atoms with van der Waals surface area (Å²) in [7, 11) is 3.90. The summed E-state index contributed by atoms with van der Waals surface area (Å²) in [5, 5.41) is 11.1. The van der Waals surface area contributed by atoms with Crippen molar-refractivity contribution in [2.24, 2.45) is 11.8 Å². The third-order valence-electron chi connectivity index (χ3n) is 7.86. The van der Waals surface area contributed by atoms with E-state index >= 15 is 0 Å². The number of aromatic nitrogens is 2. The molecule has 1 amide bonds. The fourth-order valence-electron chi connectivity index (χ4n) is 5.51. The molecule has 202 valence electrons. The first-order valence-corrected chi connectivity index (χ1v) is 14.0. The Morgan fingerprint density at radius 2 is 1.76 bits per heavy atom. The predicted molar refractivity (Wildman–Crippen MR) is 156 cm³/mol. The molecule has 3 N–H and O–H groups in total. The molecule has 2 aliphatic heterocycles. The van der Waals surface area contributed by atoms with E-state index in [0.717, 1.165) is 72.9 Å². The van der Waals surface area contributed by atoms with Crippen LogP contribution in [0.1, 0.15) is 36.8 Å². The normalized spacial score (nSPS) is 17.4. The molecule has 2 aromatic carbocycles. The smallest absolute Gasteiger partial charge is 0.227 e. The summed E-state index contributed by atoms with van der Waals surface area (Å²) in [4.78, 5) is 26.8. The number of anilines is 3. The van der Waals surface area contributed by atoms with Crippen molar-refractivity contribution in [3.8, 4) is 0 Å². The minimum absolute atomic E-state index is 0.0983. The van der Waals surface area contributed by atoms with Crippen LogP contribution in [-0.2, 0) is 11.3 Å². The fraction of sp³-hybridized carbons (Fsp3) is 0.500. The highest BCUT2D eigenvalue weighted by Gasteiger charge is 2.26. The zero-order chi connectivity index (χ0) is 26.5. The second-order valence-corrected chi connectivity index (χ2v) is 11.1. The number of benzene rings is 2. The Kier molecular flexibility index (Phi) is 8.39. The first kappa shape index (κ1) is 26.4. The Bertz CT molecular complexity index is 1230. The number of hydrogen-bond acceptors (Lipinski definition) is 7. The highest BCUT2D eigenvalue weighted by Crippen LogP contribution is 2.25. The average molecular weight is 516 g/mol. The molecule has 0 unspecified atom stereocenters. The molecule has 8 heteroatoms. The van der Waals surface area contributed by atoms with Crippen molar-refractivity contribution in [2.45, 2.75) is 39.2 Å². The van der Waals surface area contributed by atoms with Crippen LogP contribution in [0.25, 0.3) is 10.9 Å². The molecule has 2 fully saturated rings. The monoisotopic (exact) mass is 515 g/mol. The minimum Gasteiger partial charge on any atom is -0.365 e. The summed E-state index contributed by atoms with van der Waals surface area (Å²) in [6.45, 7) is 8.24. The number of aryl methyl sites for hydroxylation is 1. The predicted octanol–water partition coefficient (Wildman–Crippen LogP) is 4.27. The number of piperidine rings is 2. The van der Waals surface area contributed by atoms with Gasteiger partial charge in [0.2, 0.25) is 11.9 Å². The lowest BCUT2D eigenvalue weighted by atomic mass is 9.93. The standard InChI is InChI=1S/C30H41N7O/c1-21-4-9-26-27(18-21)34-30(36(2)3)35-28(26)32-19-22-5-7-25(8-6-22)33-29(38)24-12-16-37(17-13-24)20-23-10-14-31-15-11-23/h4-9,18,23-24,31H,10-17,19-20H2,1-3H3,(H,33,38)(H,32,34,35). The molecular formula is C30H41N7O. The van der Waals surface area contributed by atoms with Gasteiger partial charge in [0.15, 0.2) is 0 Å². The highest BCUT2D eigenvalue weighted by atomic mass is 16.1. The van der Waals surface area contributed by atoms with Crippen molar-refractivity contribution < 1.29 is 4.79 Å². The van der Waals surface area contributed by atoms with E-state index in [1.807, 2.05) is 31.1 Å². The molecule has 0 bridgehead atoms. The van der Waals surface area contributed by atoms with Gasteiger partial charge >= 0.3 is 0 Å². The number of amides is 1. The van der Waals surface area contributed by atoms with Crippen LogP contribution in [0.15, 0.2) is 42.5 Å². The quantitative estimate of drug-likeness (QED) is 0.413. The van der Waals surface area contributed by atoms with Gasteiger partial charge < -0.3 is 25.8 Å². The Labute approximate surface area is 226 Å². The maximum Gasteiger partial charge on any atom is 0.227 e. The van der Waals surface area contributed by atoms with Crippen molar-refractivity contribution in [1.82, 2.24) is 20.2 Å². The summed E-state index contributed by atoms with van der Waals surface area (Å²) in [5.74, 6) is 2.56. The molecular weight excluding hydrogens is 474 g/mol. The number of likely N-dealkylation sites (tertiary alicyclic amines) is 1. The molecule has 0 aliphatic carbocycles. The van der Waals surface area contributed by atoms with E-state index in [0.29, 0.717) is 12.5 Å². The number of fused-ring (bicyclic) bond motifs is 1. The molecule has 1 aromatic heterocycles. The average Bonchev–Trinajstić information content (AvgIpc) is 2.93. The molecule has 8 nitrogen and oxygen atoms in total. The molecule has 3 heterocycles. The lowest BCUT2D eigenvalue weighted by Gasteiger charge is -2.35. The van der Waals surface area contributed by atoms with E-state index in [1.165, 1.54) is 24.9 Å². The summed E-state index contributed by atoms with van der Waals surface area (Å²) in [6.07, 6.45) is 4.44. The van der Waals surface area contributed by atoms with Gasteiger partial charge in [-0.15, -0.1) is 0 Å². The second-order valence-electron chi connectivity index (χ2n) is 11.1. The van der Waals surface area contributed by atoms with E-state index in [1.54, 1.807) is 0 Å². The Morgan fingerprint density at radius 3 is 2.47 bits per heavy atom. The number of hydrogen-bond donors (Lipinski definition) is 3. The van der Waals surface area contributed by atoms with Gasteiger partial charge in [-0.3, -0.25) is 4.79 Å². The Morgan fingerprint density at radius 1 is 1.03 bits per heavy atom. The third kappa shape index (κ3) is 6.60. The van der Waals surface area contributed by atoms with Gasteiger partial charge in [-0.05, 0) is 100 Å². The maximum absolute atomic E-state index is 12.9. The van der Waals surface area contributed by atoms with Gasteiger partial charge in [0.05, 0.1) is 5.52 Å². The first-order valence-electron chi connectivity index (χ1n) is 14.0. The number of carbonyl (C=O) groups is 1. The highest BCUT2D eigenvalue weighted by molar-refractivity contribution is 5.92. The minimum atomic E-state index is 0.0983. The lowest BCUT2D eigenvalue weighted by molar-refractivity contribution is -0.121. The van der Waals surface area contributed by atoms with Crippen LogP contribution >= 0.6 is 0 Å². The van der Waals surface area contributed by atoms with E-state index in [9.17, 15) is 4.79 Å². The second kappa shape index (κ2) is 12.1. The van der Waals surface area contributed by atoms with Crippen LogP contribution in [0.3, 0.4) is 0 Å². The number of nitrogens with zero attached hydrogens (tertiary/aromatic N) is 4. The molecule has 38 heavy (non-hydrogen) atoms. The van der Waals surface area contributed by atoms with E-state index in [4.69, 9.17) is 4.98 Å². The van der Waals surface area contributed by atoms with Crippen LogP contribution in [0, 0.1) is 18.8 Å². The van der Waals surface area contributed by atoms with Crippen LogP contribution in [-0.4, -0.2) is 67.6 Å². The van der Waals surface area contributed by atoms with Gasteiger partial charge in [0.1, 0.15) is 5.82 Å². The zero-order valence-electron chi connectivity index (χ0n) is 23.0. The SMILES string of the molecule is Cc1ccc2c(NCc3ccc(NC(=O)C4CCN(CC5CCNCC5)CC4)cc3)nc(N(C)C)nc2c1. The molecule has 0 spiro atoms. The van der Waals surface area contributed by atoms with Crippen molar-refractivity contribution >= 4 is 34.3 Å². The lowest BCUT2D eigenvalue weighted by Crippen LogP contribution is -2.42. The molecule has 0 saturated carbocycles. The topological polar surface area (TPSA) is 85.4 Å². The molecule has 5 rings (SSSR count). The van der Waals surface area contributed by atoms with Crippen LogP contribution < -0.4 is 20.9 Å². The van der Waals surface area contributed by atoms with E-state index in [-0.39, 0.29) is 11.8 Å². The Hall–Kier alpha value is -3.23. The number of carbonyl (C=O) groups excluding carboxylic acids is 1. The zero-order valence-corrected chi connectivity index (χ0v) is 23.0. The van der Waals surface area contributed by atoms with Gasteiger partial charge in [0, 0.05) is 44.2 Å². The largest absolute Gasteiger partial charge is 0.365 e. The van der Waals surface area contributed by atoms with E-state index in [2.05, 4.69) is 63.1 Å². The Balaban J connectivity index is 1.13. The molecule has 0 radical (unpaired) electrons. The maximum atomic E-state index is 12.9. The number of nitrogens with one attached hydrogen (secondary N) is 3.